The number of phenolic OH excluding ortho intramolecular Hbond substituents is 1. The van der Waals surface area contributed by atoms with Gasteiger partial charge in [-0.05, 0) is 67.7 Å². The van der Waals surface area contributed by atoms with Crippen molar-refractivity contribution >= 4 is 0 Å². The third kappa shape index (κ3) is 2.79. The minimum Gasteiger partial charge on any atom is -0.508 e. The van der Waals surface area contributed by atoms with Crippen LogP contribution in [0, 0.1) is 17.8 Å². The molecule has 0 spiro atoms. The van der Waals surface area contributed by atoms with Gasteiger partial charge in [0, 0.05) is 6.04 Å². The summed E-state index contributed by atoms with van der Waals surface area (Å²) in [6.07, 6.45) is 6.99. The van der Waals surface area contributed by atoms with E-state index >= 15 is 0 Å². The summed E-state index contributed by atoms with van der Waals surface area (Å²) in [7, 11) is 0. The molecule has 0 heterocycles. The standard InChI is InChI=1S/C17H25NO/c1-2-17(13-5-7-16(19)8-6-13)18-11-15-10-12-3-4-14(15)9-12/h5-8,12,14-15,17-19H,2-4,9-11H2,1H3. The summed E-state index contributed by atoms with van der Waals surface area (Å²) >= 11 is 0. The number of benzene rings is 1. The van der Waals surface area contributed by atoms with Gasteiger partial charge in [-0.1, -0.05) is 25.5 Å². The third-order valence-corrected chi connectivity index (χ3v) is 5.21. The summed E-state index contributed by atoms with van der Waals surface area (Å²) in [6.45, 7) is 3.39. The van der Waals surface area contributed by atoms with Crippen molar-refractivity contribution in [3.8, 4) is 5.75 Å². The first kappa shape index (κ1) is 13.0. The van der Waals surface area contributed by atoms with Crippen molar-refractivity contribution in [2.45, 2.75) is 45.1 Å². The molecule has 2 aliphatic rings. The van der Waals surface area contributed by atoms with Crippen LogP contribution in [-0.2, 0) is 0 Å². The fraction of sp³-hybridized carbons (Fsp3) is 0.647. The third-order valence-electron chi connectivity index (χ3n) is 5.21. The first-order chi connectivity index (χ1) is 9.26. The lowest BCUT2D eigenvalue weighted by molar-refractivity contribution is 0.304. The van der Waals surface area contributed by atoms with Gasteiger partial charge in [-0.2, -0.15) is 0 Å². The molecule has 0 saturated heterocycles. The van der Waals surface area contributed by atoms with Gasteiger partial charge in [-0.15, -0.1) is 0 Å². The van der Waals surface area contributed by atoms with Gasteiger partial charge in [-0.3, -0.25) is 0 Å². The Morgan fingerprint density at radius 2 is 2.00 bits per heavy atom. The summed E-state index contributed by atoms with van der Waals surface area (Å²) in [4.78, 5) is 0. The van der Waals surface area contributed by atoms with Gasteiger partial charge >= 0.3 is 0 Å². The van der Waals surface area contributed by atoms with Crippen LogP contribution in [0.1, 0.15) is 50.6 Å². The molecular weight excluding hydrogens is 234 g/mol. The molecule has 0 aliphatic heterocycles. The molecule has 104 valence electrons. The van der Waals surface area contributed by atoms with Crippen molar-refractivity contribution in [2.24, 2.45) is 17.8 Å². The quantitative estimate of drug-likeness (QED) is 0.841. The first-order valence-corrected chi connectivity index (χ1v) is 7.78. The largest absolute Gasteiger partial charge is 0.508 e. The van der Waals surface area contributed by atoms with Gasteiger partial charge in [0.2, 0.25) is 0 Å². The highest BCUT2D eigenvalue weighted by Gasteiger charge is 2.39. The summed E-state index contributed by atoms with van der Waals surface area (Å²) in [5, 5.41) is 13.1. The number of hydrogen-bond donors (Lipinski definition) is 2. The van der Waals surface area contributed by atoms with Crippen molar-refractivity contribution in [1.82, 2.24) is 5.32 Å². The molecule has 2 nitrogen and oxygen atoms in total. The van der Waals surface area contributed by atoms with Gasteiger partial charge in [-0.25, -0.2) is 0 Å². The zero-order valence-electron chi connectivity index (χ0n) is 11.8. The lowest BCUT2D eigenvalue weighted by Gasteiger charge is -2.25. The molecule has 2 bridgehead atoms. The second kappa shape index (κ2) is 5.54. The smallest absolute Gasteiger partial charge is 0.115 e. The molecule has 1 aromatic carbocycles. The Kier molecular flexibility index (Phi) is 3.79. The van der Waals surface area contributed by atoms with Gasteiger partial charge in [0.15, 0.2) is 0 Å². The minimum atomic E-state index is 0.353. The zero-order chi connectivity index (χ0) is 13.2. The second-order valence-corrected chi connectivity index (χ2v) is 6.40. The Morgan fingerprint density at radius 1 is 1.21 bits per heavy atom. The molecule has 4 unspecified atom stereocenters. The number of aromatic hydroxyl groups is 1. The van der Waals surface area contributed by atoms with E-state index in [-0.39, 0.29) is 0 Å². The van der Waals surface area contributed by atoms with E-state index in [1.54, 1.807) is 12.1 Å². The van der Waals surface area contributed by atoms with Crippen LogP contribution in [0.15, 0.2) is 24.3 Å². The molecule has 0 radical (unpaired) electrons. The van der Waals surface area contributed by atoms with Crippen molar-refractivity contribution in [3.63, 3.8) is 0 Å². The maximum absolute atomic E-state index is 9.36. The first-order valence-electron chi connectivity index (χ1n) is 7.78. The van der Waals surface area contributed by atoms with Gasteiger partial charge in [0.05, 0.1) is 0 Å². The molecule has 2 saturated carbocycles. The molecule has 4 atom stereocenters. The van der Waals surface area contributed by atoms with Crippen LogP contribution in [0.25, 0.3) is 0 Å². The molecule has 2 fully saturated rings. The van der Waals surface area contributed by atoms with Crippen LogP contribution in [0.3, 0.4) is 0 Å². The molecule has 0 aromatic heterocycles. The average molecular weight is 259 g/mol. The fourth-order valence-corrected chi connectivity index (χ4v) is 4.12. The second-order valence-electron chi connectivity index (χ2n) is 6.40. The van der Waals surface area contributed by atoms with Gasteiger partial charge in [0.1, 0.15) is 5.75 Å². The predicted octanol–water partition coefficient (Wildman–Crippen LogP) is 3.87. The van der Waals surface area contributed by atoms with Crippen molar-refractivity contribution in [3.05, 3.63) is 29.8 Å². The highest BCUT2D eigenvalue weighted by molar-refractivity contribution is 5.28. The summed E-state index contributed by atoms with van der Waals surface area (Å²) in [5.41, 5.74) is 1.29. The van der Waals surface area contributed by atoms with Gasteiger partial charge in [0.25, 0.3) is 0 Å². The molecule has 3 rings (SSSR count). The predicted molar refractivity (Wildman–Crippen MR) is 78.1 cm³/mol. The van der Waals surface area contributed by atoms with Crippen LogP contribution >= 0.6 is 0 Å². The number of phenols is 1. The van der Waals surface area contributed by atoms with Crippen LogP contribution in [0.4, 0.5) is 0 Å². The Bertz CT molecular complexity index is 414. The van der Waals surface area contributed by atoms with Crippen LogP contribution < -0.4 is 5.32 Å². The SMILES string of the molecule is CCC(NCC1CC2CCC1C2)c1ccc(O)cc1. The lowest BCUT2D eigenvalue weighted by atomic mass is 9.88. The Labute approximate surface area is 116 Å². The molecular formula is C17H25NO. The highest BCUT2D eigenvalue weighted by Crippen LogP contribution is 2.48. The molecule has 2 heteroatoms. The summed E-state index contributed by atoms with van der Waals surface area (Å²) < 4.78 is 0. The van der Waals surface area contributed by atoms with E-state index in [0.29, 0.717) is 11.8 Å². The van der Waals surface area contributed by atoms with E-state index in [2.05, 4.69) is 12.2 Å². The van der Waals surface area contributed by atoms with Crippen LogP contribution in [-0.4, -0.2) is 11.7 Å². The van der Waals surface area contributed by atoms with E-state index in [1.165, 1.54) is 37.8 Å². The molecule has 2 aliphatic carbocycles. The summed E-state index contributed by atoms with van der Waals surface area (Å²) in [5.74, 6) is 3.29. The van der Waals surface area contributed by atoms with Crippen LogP contribution in [0.5, 0.6) is 5.75 Å². The number of fused-ring (bicyclic) bond motifs is 2. The molecule has 19 heavy (non-hydrogen) atoms. The Balaban J connectivity index is 1.56. The minimum absolute atomic E-state index is 0.353. The zero-order valence-corrected chi connectivity index (χ0v) is 11.8. The van der Waals surface area contributed by atoms with E-state index in [1.807, 2.05) is 12.1 Å². The normalized spacial score (nSPS) is 30.7. The Hall–Kier alpha value is -1.02. The monoisotopic (exact) mass is 259 g/mol. The molecule has 2 N–H and O–H groups in total. The van der Waals surface area contributed by atoms with E-state index < -0.39 is 0 Å². The average Bonchev–Trinajstić information content (AvgIpc) is 3.04. The number of hydrogen-bond acceptors (Lipinski definition) is 2. The van der Waals surface area contributed by atoms with E-state index in [0.717, 1.165) is 24.2 Å². The molecule has 0 amide bonds. The summed E-state index contributed by atoms with van der Waals surface area (Å²) in [6, 6.07) is 8.09. The van der Waals surface area contributed by atoms with E-state index in [9.17, 15) is 5.11 Å². The Morgan fingerprint density at radius 3 is 2.58 bits per heavy atom. The van der Waals surface area contributed by atoms with E-state index in [4.69, 9.17) is 0 Å². The van der Waals surface area contributed by atoms with Gasteiger partial charge < -0.3 is 10.4 Å². The number of rotatable bonds is 5. The maximum Gasteiger partial charge on any atom is 0.115 e. The van der Waals surface area contributed by atoms with Crippen LogP contribution in [0.2, 0.25) is 0 Å². The van der Waals surface area contributed by atoms with Crippen molar-refractivity contribution in [1.29, 1.82) is 0 Å². The highest BCUT2D eigenvalue weighted by atomic mass is 16.3. The fourth-order valence-electron chi connectivity index (χ4n) is 4.12. The topological polar surface area (TPSA) is 32.3 Å². The van der Waals surface area contributed by atoms with Crippen molar-refractivity contribution in [2.75, 3.05) is 6.54 Å². The number of nitrogens with one attached hydrogen (secondary N) is 1. The van der Waals surface area contributed by atoms with Crippen molar-refractivity contribution < 1.29 is 5.11 Å². The molecule has 1 aromatic rings. The lowest BCUT2D eigenvalue weighted by Crippen LogP contribution is -2.29. The maximum atomic E-state index is 9.36.